The molecule has 0 aliphatic heterocycles. The Labute approximate surface area is 122 Å². The molecule has 0 amide bonds. The summed E-state index contributed by atoms with van der Waals surface area (Å²) in [4.78, 5) is 0. The van der Waals surface area contributed by atoms with E-state index in [4.69, 9.17) is 20.6 Å². The van der Waals surface area contributed by atoms with Crippen molar-refractivity contribution in [3.8, 4) is 5.75 Å². The van der Waals surface area contributed by atoms with Crippen LogP contribution in [0.4, 0.5) is 4.39 Å². The van der Waals surface area contributed by atoms with E-state index in [2.05, 4.69) is 0 Å². The number of rotatable bonds is 6. The number of halogens is 1. The van der Waals surface area contributed by atoms with Crippen molar-refractivity contribution in [1.29, 1.82) is 5.41 Å². The fourth-order valence-electron chi connectivity index (χ4n) is 1.87. The molecule has 0 radical (unpaired) electrons. The molecule has 0 bridgehead atoms. The van der Waals surface area contributed by atoms with Gasteiger partial charge in [-0.25, -0.2) is 4.39 Å². The lowest BCUT2D eigenvalue weighted by atomic mass is 10.1. The number of nitrogen functional groups attached to an aromatic ring is 1. The molecule has 0 aromatic heterocycles. The van der Waals surface area contributed by atoms with Crippen molar-refractivity contribution in [2.75, 3.05) is 7.11 Å². The van der Waals surface area contributed by atoms with E-state index < -0.39 is 5.82 Å². The molecule has 0 aliphatic carbocycles. The van der Waals surface area contributed by atoms with Crippen LogP contribution in [-0.4, -0.2) is 12.9 Å². The number of hydrogen-bond donors (Lipinski definition) is 2. The van der Waals surface area contributed by atoms with Gasteiger partial charge < -0.3 is 15.2 Å². The molecule has 2 aromatic rings. The third-order valence-corrected chi connectivity index (χ3v) is 3.02. The van der Waals surface area contributed by atoms with Crippen LogP contribution in [0, 0.1) is 11.2 Å². The van der Waals surface area contributed by atoms with Crippen LogP contribution in [0.5, 0.6) is 5.75 Å². The second-order valence-corrected chi connectivity index (χ2v) is 4.56. The Balaban J connectivity index is 1.95. The predicted molar refractivity (Wildman–Crippen MR) is 78.9 cm³/mol. The number of methoxy groups -OCH3 is 1. The summed E-state index contributed by atoms with van der Waals surface area (Å²) in [6.45, 7) is 0.520. The zero-order valence-corrected chi connectivity index (χ0v) is 11.7. The highest BCUT2D eigenvalue weighted by Crippen LogP contribution is 2.15. The maximum absolute atomic E-state index is 13.8. The smallest absolute Gasteiger partial charge is 0.129 e. The highest BCUT2D eigenvalue weighted by atomic mass is 19.1. The SMILES string of the molecule is COc1cccc(COCc2ccc(C(=N)N)cc2F)c1. The number of amidine groups is 1. The topological polar surface area (TPSA) is 68.3 Å². The van der Waals surface area contributed by atoms with Gasteiger partial charge in [0.2, 0.25) is 0 Å². The second kappa shape index (κ2) is 6.85. The van der Waals surface area contributed by atoms with Crippen molar-refractivity contribution >= 4 is 5.84 Å². The summed E-state index contributed by atoms with van der Waals surface area (Å²) >= 11 is 0. The fraction of sp³-hybridized carbons (Fsp3) is 0.188. The van der Waals surface area contributed by atoms with Gasteiger partial charge in [-0.2, -0.15) is 0 Å². The minimum Gasteiger partial charge on any atom is -0.497 e. The molecular formula is C16H17FN2O2. The monoisotopic (exact) mass is 288 g/mol. The number of ether oxygens (including phenoxy) is 2. The zero-order chi connectivity index (χ0) is 15.2. The quantitative estimate of drug-likeness (QED) is 0.634. The normalized spacial score (nSPS) is 10.4. The van der Waals surface area contributed by atoms with Gasteiger partial charge in [0.1, 0.15) is 17.4 Å². The van der Waals surface area contributed by atoms with E-state index >= 15 is 0 Å². The van der Waals surface area contributed by atoms with Crippen molar-refractivity contribution in [2.24, 2.45) is 5.73 Å². The largest absolute Gasteiger partial charge is 0.497 e. The summed E-state index contributed by atoms with van der Waals surface area (Å²) in [5.41, 5.74) is 7.06. The van der Waals surface area contributed by atoms with Crippen LogP contribution in [0.2, 0.25) is 0 Å². The van der Waals surface area contributed by atoms with Gasteiger partial charge in [-0.3, -0.25) is 5.41 Å². The van der Waals surface area contributed by atoms with Crippen LogP contribution in [0.15, 0.2) is 42.5 Å². The average molecular weight is 288 g/mol. The van der Waals surface area contributed by atoms with Crippen LogP contribution < -0.4 is 10.5 Å². The van der Waals surface area contributed by atoms with Crippen LogP contribution >= 0.6 is 0 Å². The molecule has 0 fully saturated rings. The summed E-state index contributed by atoms with van der Waals surface area (Å²) in [5.74, 6) is 0.180. The number of nitrogens with one attached hydrogen (secondary N) is 1. The molecule has 0 aliphatic rings. The summed E-state index contributed by atoms with van der Waals surface area (Å²) in [6, 6.07) is 11.9. The number of nitrogens with two attached hydrogens (primary N) is 1. The fourth-order valence-corrected chi connectivity index (χ4v) is 1.87. The number of benzene rings is 2. The molecule has 110 valence electrons. The van der Waals surface area contributed by atoms with E-state index in [0.717, 1.165) is 11.3 Å². The Hall–Kier alpha value is -2.40. The molecule has 0 unspecified atom stereocenters. The van der Waals surface area contributed by atoms with Gasteiger partial charge in [-0.05, 0) is 23.8 Å². The van der Waals surface area contributed by atoms with E-state index in [9.17, 15) is 4.39 Å². The molecule has 2 rings (SSSR count). The molecule has 3 N–H and O–H groups in total. The Bertz CT molecular complexity index is 644. The lowest BCUT2D eigenvalue weighted by molar-refractivity contribution is 0.104. The molecule has 0 atom stereocenters. The van der Waals surface area contributed by atoms with Crippen LogP contribution in [0.25, 0.3) is 0 Å². The first-order valence-electron chi connectivity index (χ1n) is 6.43. The maximum Gasteiger partial charge on any atom is 0.129 e. The van der Waals surface area contributed by atoms with Gasteiger partial charge in [0.25, 0.3) is 0 Å². The van der Waals surface area contributed by atoms with Crippen molar-refractivity contribution in [1.82, 2.24) is 0 Å². The van der Waals surface area contributed by atoms with E-state index in [-0.39, 0.29) is 12.4 Å². The van der Waals surface area contributed by atoms with Crippen LogP contribution in [0.3, 0.4) is 0 Å². The second-order valence-electron chi connectivity index (χ2n) is 4.56. The van der Waals surface area contributed by atoms with Gasteiger partial charge in [-0.1, -0.05) is 24.3 Å². The Kier molecular flexibility index (Phi) is 4.90. The first kappa shape index (κ1) is 15.0. The van der Waals surface area contributed by atoms with Crippen molar-refractivity contribution in [3.05, 3.63) is 65.0 Å². The van der Waals surface area contributed by atoms with E-state index in [1.807, 2.05) is 24.3 Å². The first-order valence-corrected chi connectivity index (χ1v) is 6.43. The van der Waals surface area contributed by atoms with E-state index in [1.54, 1.807) is 19.2 Å². The standard InChI is InChI=1S/C16H17FN2O2/c1-20-14-4-2-3-11(7-14)9-21-10-13-6-5-12(16(18)19)8-15(13)17/h2-8H,9-10H2,1H3,(H3,18,19). The first-order chi connectivity index (χ1) is 10.1. The van der Waals surface area contributed by atoms with Crippen molar-refractivity contribution in [2.45, 2.75) is 13.2 Å². The molecule has 0 saturated carbocycles. The maximum atomic E-state index is 13.8. The molecule has 5 heteroatoms. The lowest BCUT2D eigenvalue weighted by Gasteiger charge is -2.08. The minimum atomic E-state index is -0.423. The summed E-state index contributed by atoms with van der Waals surface area (Å²) in [5, 5.41) is 7.26. The predicted octanol–water partition coefficient (Wildman–Crippen LogP) is 2.84. The summed E-state index contributed by atoms with van der Waals surface area (Å²) in [7, 11) is 1.60. The zero-order valence-electron chi connectivity index (χ0n) is 11.7. The third kappa shape index (κ3) is 4.03. The van der Waals surface area contributed by atoms with Gasteiger partial charge >= 0.3 is 0 Å². The summed E-state index contributed by atoms with van der Waals surface area (Å²) < 4.78 is 24.4. The van der Waals surface area contributed by atoms with Crippen molar-refractivity contribution in [3.63, 3.8) is 0 Å². The molecular weight excluding hydrogens is 271 g/mol. The van der Waals surface area contributed by atoms with Gasteiger partial charge in [0.15, 0.2) is 0 Å². The van der Waals surface area contributed by atoms with E-state index in [1.165, 1.54) is 6.07 Å². The van der Waals surface area contributed by atoms with E-state index in [0.29, 0.717) is 17.7 Å². The van der Waals surface area contributed by atoms with Gasteiger partial charge in [0.05, 0.1) is 20.3 Å². The Morgan fingerprint density at radius 1 is 1.19 bits per heavy atom. The Morgan fingerprint density at radius 3 is 2.67 bits per heavy atom. The minimum absolute atomic E-state index is 0.154. The summed E-state index contributed by atoms with van der Waals surface area (Å²) in [6.07, 6.45) is 0. The van der Waals surface area contributed by atoms with Gasteiger partial charge in [0, 0.05) is 11.1 Å². The number of hydrogen-bond acceptors (Lipinski definition) is 3. The van der Waals surface area contributed by atoms with Crippen molar-refractivity contribution < 1.29 is 13.9 Å². The molecule has 0 spiro atoms. The third-order valence-electron chi connectivity index (χ3n) is 3.02. The lowest BCUT2D eigenvalue weighted by Crippen LogP contribution is -2.11. The average Bonchev–Trinajstić information content (AvgIpc) is 2.49. The molecule has 4 nitrogen and oxygen atoms in total. The molecule has 0 heterocycles. The highest BCUT2D eigenvalue weighted by Gasteiger charge is 2.06. The molecule has 0 saturated heterocycles. The highest BCUT2D eigenvalue weighted by molar-refractivity contribution is 5.94. The van der Waals surface area contributed by atoms with Crippen LogP contribution in [0.1, 0.15) is 16.7 Å². The molecule has 2 aromatic carbocycles. The van der Waals surface area contributed by atoms with Crippen LogP contribution in [-0.2, 0) is 18.0 Å². The Morgan fingerprint density at radius 2 is 2.00 bits per heavy atom. The van der Waals surface area contributed by atoms with Gasteiger partial charge in [-0.15, -0.1) is 0 Å². The molecule has 21 heavy (non-hydrogen) atoms.